The van der Waals surface area contributed by atoms with Crippen LogP contribution in [0.2, 0.25) is 5.02 Å². The highest BCUT2D eigenvalue weighted by Crippen LogP contribution is 2.32. The number of hydrogen-bond acceptors (Lipinski definition) is 3. The summed E-state index contributed by atoms with van der Waals surface area (Å²) in [5.74, 6) is 0.271. The van der Waals surface area contributed by atoms with E-state index in [0.717, 1.165) is 38.1 Å². The Kier molecular flexibility index (Phi) is 4.52. The average molecular weight is 295 g/mol. The number of nitrogens with zero attached hydrogens (tertiary/aromatic N) is 1. The van der Waals surface area contributed by atoms with Gasteiger partial charge in [0.2, 0.25) is 0 Å². The standard InChI is InChI=1S/C12H14ClF3N2O/c13-10-6-8(12(14,15)16)7-18-11(10)17-4-3-9-2-1-5-19-9/h6-7,9H,1-5H2,(H,17,18)/t9-/m0/s1. The van der Waals surface area contributed by atoms with Gasteiger partial charge >= 0.3 is 6.18 Å². The lowest BCUT2D eigenvalue weighted by molar-refractivity contribution is -0.137. The molecule has 0 radical (unpaired) electrons. The van der Waals surface area contributed by atoms with E-state index in [1.54, 1.807) is 0 Å². The number of alkyl halides is 3. The molecule has 0 spiro atoms. The molecule has 1 aliphatic rings. The number of aromatic nitrogens is 1. The molecule has 19 heavy (non-hydrogen) atoms. The Morgan fingerprint density at radius 1 is 1.47 bits per heavy atom. The fraction of sp³-hybridized carbons (Fsp3) is 0.583. The highest BCUT2D eigenvalue weighted by atomic mass is 35.5. The van der Waals surface area contributed by atoms with Crippen LogP contribution in [0.3, 0.4) is 0 Å². The Morgan fingerprint density at radius 3 is 2.84 bits per heavy atom. The quantitative estimate of drug-likeness (QED) is 0.918. The Balaban J connectivity index is 1.90. The third-order valence-corrected chi connectivity index (χ3v) is 3.24. The number of halogens is 4. The van der Waals surface area contributed by atoms with Gasteiger partial charge < -0.3 is 10.1 Å². The number of nitrogens with one attached hydrogen (secondary N) is 1. The second kappa shape index (κ2) is 5.96. The molecule has 1 aromatic rings. The fourth-order valence-corrected chi connectivity index (χ4v) is 2.18. The molecule has 1 saturated heterocycles. The number of rotatable bonds is 4. The molecule has 0 unspecified atom stereocenters. The van der Waals surface area contributed by atoms with Crippen LogP contribution in [0.5, 0.6) is 0 Å². The van der Waals surface area contributed by atoms with Gasteiger partial charge in [0.1, 0.15) is 5.82 Å². The second-order valence-corrected chi connectivity index (χ2v) is 4.81. The molecule has 106 valence electrons. The van der Waals surface area contributed by atoms with Crippen LogP contribution >= 0.6 is 11.6 Å². The predicted molar refractivity (Wildman–Crippen MR) is 66.3 cm³/mol. The lowest BCUT2D eigenvalue weighted by Gasteiger charge is -2.12. The van der Waals surface area contributed by atoms with Gasteiger partial charge in [-0.05, 0) is 25.3 Å². The average Bonchev–Trinajstić information content (AvgIpc) is 2.83. The third kappa shape index (κ3) is 3.98. The van der Waals surface area contributed by atoms with E-state index in [2.05, 4.69) is 10.3 Å². The van der Waals surface area contributed by atoms with Crippen molar-refractivity contribution < 1.29 is 17.9 Å². The molecule has 0 amide bonds. The maximum absolute atomic E-state index is 12.4. The third-order valence-electron chi connectivity index (χ3n) is 2.95. The molecule has 2 rings (SSSR count). The molecule has 0 saturated carbocycles. The van der Waals surface area contributed by atoms with Crippen molar-refractivity contribution in [2.75, 3.05) is 18.5 Å². The first-order valence-corrected chi connectivity index (χ1v) is 6.43. The van der Waals surface area contributed by atoms with E-state index in [0.29, 0.717) is 6.54 Å². The predicted octanol–water partition coefficient (Wildman–Crippen LogP) is 3.73. The summed E-state index contributed by atoms with van der Waals surface area (Å²) in [5.41, 5.74) is -0.845. The molecule has 1 atom stereocenters. The molecule has 0 bridgehead atoms. The van der Waals surface area contributed by atoms with Crippen LogP contribution in [0.15, 0.2) is 12.3 Å². The minimum atomic E-state index is -4.42. The topological polar surface area (TPSA) is 34.2 Å². The van der Waals surface area contributed by atoms with Crippen LogP contribution in [-0.2, 0) is 10.9 Å². The van der Waals surface area contributed by atoms with Gasteiger partial charge in [0.15, 0.2) is 0 Å². The summed E-state index contributed by atoms with van der Waals surface area (Å²) in [5, 5.41) is 2.90. The van der Waals surface area contributed by atoms with Gasteiger partial charge in [0, 0.05) is 19.3 Å². The van der Waals surface area contributed by atoms with Crippen molar-refractivity contribution in [3.8, 4) is 0 Å². The van der Waals surface area contributed by atoms with E-state index in [4.69, 9.17) is 16.3 Å². The Bertz CT molecular complexity index is 433. The van der Waals surface area contributed by atoms with Crippen molar-refractivity contribution in [1.29, 1.82) is 0 Å². The zero-order valence-corrected chi connectivity index (χ0v) is 10.9. The van der Waals surface area contributed by atoms with E-state index in [-0.39, 0.29) is 16.9 Å². The lowest BCUT2D eigenvalue weighted by atomic mass is 10.2. The molecular formula is C12H14ClF3N2O. The maximum atomic E-state index is 12.4. The molecule has 1 fully saturated rings. The van der Waals surface area contributed by atoms with Crippen LogP contribution in [-0.4, -0.2) is 24.2 Å². The monoisotopic (exact) mass is 294 g/mol. The maximum Gasteiger partial charge on any atom is 0.417 e. The van der Waals surface area contributed by atoms with Gasteiger partial charge in [-0.2, -0.15) is 13.2 Å². The molecule has 7 heteroatoms. The van der Waals surface area contributed by atoms with E-state index in [1.807, 2.05) is 0 Å². The van der Waals surface area contributed by atoms with Crippen LogP contribution in [0.25, 0.3) is 0 Å². The van der Waals surface area contributed by atoms with Crippen LogP contribution in [0, 0.1) is 0 Å². The molecule has 0 aliphatic carbocycles. The van der Waals surface area contributed by atoms with Crippen molar-refractivity contribution in [2.24, 2.45) is 0 Å². The zero-order chi connectivity index (χ0) is 13.9. The van der Waals surface area contributed by atoms with Crippen molar-refractivity contribution >= 4 is 17.4 Å². The van der Waals surface area contributed by atoms with Crippen molar-refractivity contribution in [1.82, 2.24) is 4.98 Å². The first kappa shape index (κ1) is 14.4. The first-order valence-electron chi connectivity index (χ1n) is 6.05. The minimum Gasteiger partial charge on any atom is -0.378 e. The molecule has 1 aromatic heterocycles. The zero-order valence-electron chi connectivity index (χ0n) is 10.1. The van der Waals surface area contributed by atoms with E-state index in [1.165, 1.54) is 0 Å². The van der Waals surface area contributed by atoms with Gasteiger partial charge in [-0.3, -0.25) is 0 Å². The lowest BCUT2D eigenvalue weighted by Crippen LogP contribution is -2.14. The highest BCUT2D eigenvalue weighted by Gasteiger charge is 2.31. The minimum absolute atomic E-state index is 0.0258. The van der Waals surface area contributed by atoms with Gasteiger partial charge in [0.25, 0.3) is 0 Å². The van der Waals surface area contributed by atoms with Crippen molar-refractivity contribution in [2.45, 2.75) is 31.5 Å². The van der Waals surface area contributed by atoms with Crippen LogP contribution in [0.4, 0.5) is 19.0 Å². The summed E-state index contributed by atoms with van der Waals surface area (Å²) < 4.78 is 42.7. The van der Waals surface area contributed by atoms with Crippen LogP contribution < -0.4 is 5.32 Å². The van der Waals surface area contributed by atoms with Gasteiger partial charge in [0.05, 0.1) is 16.7 Å². The Hall–Kier alpha value is -1.01. The van der Waals surface area contributed by atoms with Crippen LogP contribution in [0.1, 0.15) is 24.8 Å². The number of ether oxygens (including phenoxy) is 1. The summed E-state index contributed by atoms with van der Waals surface area (Å²) in [6.07, 6.45) is -0.549. The molecular weight excluding hydrogens is 281 g/mol. The fourth-order valence-electron chi connectivity index (χ4n) is 1.95. The molecule has 2 heterocycles. The van der Waals surface area contributed by atoms with Gasteiger partial charge in [-0.15, -0.1) is 0 Å². The molecule has 0 aromatic carbocycles. The van der Waals surface area contributed by atoms with Gasteiger partial charge in [-0.25, -0.2) is 4.98 Å². The summed E-state index contributed by atoms with van der Waals surface area (Å²) in [4.78, 5) is 3.70. The number of hydrogen-bond donors (Lipinski definition) is 1. The summed E-state index contributed by atoms with van der Waals surface area (Å²) in [6, 6.07) is 0.878. The number of pyridine rings is 1. The summed E-state index contributed by atoms with van der Waals surface area (Å²) in [7, 11) is 0. The van der Waals surface area contributed by atoms with Gasteiger partial charge in [-0.1, -0.05) is 11.6 Å². The largest absolute Gasteiger partial charge is 0.417 e. The normalized spacial score (nSPS) is 19.7. The summed E-state index contributed by atoms with van der Waals surface area (Å²) in [6.45, 7) is 1.35. The van der Waals surface area contributed by atoms with E-state index >= 15 is 0 Å². The highest BCUT2D eigenvalue weighted by molar-refractivity contribution is 6.32. The number of anilines is 1. The van der Waals surface area contributed by atoms with Crippen molar-refractivity contribution in [3.05, 3.63) is 22.8 Å². The molecule has 1 N–H and O–H groups in total. The first-order chi connectivity index (χ1) is 8.97. The van der Waals surface area contributed by atoms with E-state index < -0.39 is 11.7 Å². The summed E-state index contributed by atoms with van der Waals surface area (Å²) >= 11 is 5.77. The molecule has 3 nitrogen and oxygen atoms in total. The smallest absolute Gasteiger partial charge is 0.378 e. The van der Waals surface area contributed by atoms with E-state index in [9.17, 15) is 13.2 Å². The Labute approximate surface area is 114 Å². The SMILES string of the molecule is FC(F)(F)c1cnc(NCC[C@@H]2CCCO2)c(Cl)c1. The molecule has 1 aliphatic heterocycles. The Morgan fingerprint density at radius 2 is 2.26 bits per heavy atom. The van der Waals surface area contributed by atoms with Crippen molar-refractivity contribution in [3.63, 3.8) is 0 Å². The second-order valence-electron chi connectivity index (χ2n) is 4.40.